The lowest BCUT2D eigenvalue weighted by atomic mass is 10.1. The summed E-state index contributed by atoms with van der Waals surface area (Å²) in [5.41, 5.74) is 5.73. The van der Waals surface area contributed by atoms with Gasteiger partial charge in [-0.1, -0.05) is 12.1 Å². The van der Waals surface area contributed by atoms with Gasteiger partial charge in [-0.2, -0.15) is 0 Å². The number of allylic oxidation sites excluding steroid dienone is 1. The molecular formula is C12H11N3O3. The molecule has 1 aliphatic heterocycles. The lowest BCUT2D eigenvalue weighted by molar-refractivity contribution is -0.115. The summed E-state index contributed by atoms with van der Waals surface area (Å²) in [5.74, 6) is -0.260. The smallest absolute Gasteiger partial charge is 0.276 e. The summed E-state index contributed by atoms with van der Waals surface area (Å²) in [6.07, 6.45) is 1.14. The molecule has 92 valence electrons. The molecule has 0 aromatic heterocycles. The predicted octanol–water partition coefficient (Wildman–Crippen LogP) is 0.206. The zero-order valence-corrected chi connectivity index (χ0v) is 9.64. The van der Waals surface area contributed by atoms with Gasteiger partial charge in [-0.3, -0.25) is 14.9 Å². The van der Waals surface area contributed by atoms with Crippen molar-refractivity contribution < 1.29 is 14.3 Å². The molecule has 0 saturated carbocycles. The number of hydrogen-bond acceptors (Lipinski definition) is 5. The number of rotatable bonds is 3. The topological polar surface area (TPSA) is 93.8 Å². The Hall–Kier alpha value is -2.63. The molecule has 1 heterocycles. The first-order valence-electron chi connectivity index (χ1n) is 5.16. The van der Waals surface area contributed by atoms with E-state index in [0.29, 0.717) is 11.3 Å². The predicted molar refractivity (Wildman–Crippen MR) is 65.2 cm³/mol. The number of nitrogens with two attached hydrogens (primary N) is 1. The van der Waals surface area contributed by atoms with Crippen molar-refractivity contribution in [1.82, 2.24) is 5.32 Å². The molecule has 0 atom stereocenters. The van der Waals surface area contributed by atoms with Crippen LogP contribution in [0.2, 0.25) is 0 Å². The number of nitrogens with one attached hydrogen (secondary N) is 1. The molecular weight excluding hydrogens is 234 g/mol. The molecule has 1 aromatic carbocycles. The lowest BCUT2D eigenvalue weighted by Gasteiger charge is -2.01. The Morgan fingerprint density at radius 2 is 2.28 bits per heavy atom. The zero-order valence-electron chi connectivity index (χ0n) is 9.64. The number of methoxy groups -OCH3 is 1. The number of benzene rings is 1. The molecule has 0 radical (unpaired) electrons. The second-order valence-electron chi connectivity index (χ2n) is 3.58. The highest BCUT2D eigenvalue weighted by Crippen LogP contribution is 2.14. The Bertz CT molecular complexity index is 576. The van der Waals surface area contributed by atoms with Crippen molar-refractivity contribution in [2.24, 2.45) is 10.7 Å². The van der Waals surface area contributed by atoms with Gasteiger partial charge in [-0.05, 0) is 12.1 Å². The number of nitrogens with zero attached hydrogens (tertiary/aromatic N) is 1. The van der Waals surface area contributed by atoms with Crippen molar-refractivity contribution in [2.75, 3.05) is 7.11 Å². The largest absolute Gasteiger partial charge is 0.497 e. The van der Waals surface area contributed by atoms with Gasteiger partial charge >= 0.3 is 0 Å². The molecule has 1 aromatic rings. The van der Waals surface area contributed by atoms with Crippen LogP contribution in [0.5, 0.6) is 5.75 Å². The molecule has 1 amide bonds. The first kappa shape index (κ1) is 11.8. The number of carbonyl (C=O) groups excluding carboxylic acids is 2. The highest BCUT2D eigenvalue weighted by Gasteiger charge is 2.19. The van der Waals surface area contributed by atoms with Gasteiger partial charge in [-0.15, -0.1) is 0 Å². The molecule has 0 fully saturated rings. The lowest BCUT2D eigenvalue weighted by Crippen LogP contribution is -2.30. The zero-order chi connectivity index (χ0) is 13.1. The third kappa shape index (κ3) is 2.37. The molecule has 0 saturated heterocycles. The summed E-state index contributed by atoms with van der Waals surface area (Å²) < 4.78 is 5.01. The fourth-order valence-electron chi connectivity index (χ4n) is 1.47. The molecule has 18 heavy (non-hydrogen) atoms. The maximum atomic E-state index is 11.9. The van der Waals surface area contributed by atoms with Crippen LogP contribution in [0.1, 0.15) is 10.4 Å². The van der Waals surface area contributed by atoms with Gasteiger partial charge in [0.05, 0.1) is 7.11 Å². The number of aliphatic imine (C=N–C) groups is 1. The van der Waals surface area contributed by atoms with Crippen LogP contribution in [0.25, 0.3) is 0 Å². The highest BCUT2D eigenvalue weighted by molar-refractivity contribution is 6.16. The molecule has 0 bridgehead atoms. The summed E-state index contributed by atoms with van der Waals surface area (Å²) in [6.45, 7) is 0. The van der Waals surface area contributed by atoms with E-state index < -0.39 is 5.91 Å². The molecule has 6 heteroatoms. The fraction of sp³-hybridized carbons (Fsp3) is 0.0833. The highest BCUT2D eigenvalue weighted by atomic mass is 16.5. The van der Waals surface area contributed by atoms with Gasteiger partial charge in [0, 0.05) is 11.6 Å². The van der Waals surface area contributed by atoms with E-state index >= 15 is 0 Å². The van der Waals surface area contributed by atoms with E-state index in [1.54, 1.807) is 24.3 Å². The van der Waals surface area contributed by atoms with Crippen LogP contribution in [0.3, 0.4) is 0 Å². The molecule has 0 spiro atoms. The molecule has 6 nitrogen and oxygen atoms in total. The molecule has 0 aliphatic carbocycles. The van der Waals surface area contributed by atoms with Crippen LogP contribution >= 0.6 is 0 Å². The third-order valence-corrected chi connectivity index (χ3v) is 2.34. The quantitative estimate of drug-likeness (QED) is 0.587. The third-order valence-electron chi connectivity index (χ3n) is 2.34. The molecule has 3 N–H and O–H groups in total. The van der Waals surface area contributed by atoms with Crippen molar-refractivity contribution in [2.45, 2.75) is 0 Å². The first-order chi connectivity index (χ1) is 8.60. The van der Waals surface area contributed by atoms with Crippen molar-refractivity contribution in [1.29, 1.82) is 0 Å². The molecule has 1 aliphatic rings. The second-order valence-corrected chi connectivity index (χ2v) is 3.58. The van der Waals surface area contributed by atoms with Crippen molar-refractivity contribution >= 4 is 17.6 Å². The number of hydrogen-bond donors (Lipinski definition) is 2. The minimum atomic E-state index is -0.483. The van der Waals surface area contributed by atoms with E-state index in [1.165, 1.54) is 7.11 Å². The van der Waals surface area contributed by atoms with Gasteiger partial charge in [0.2, 0.25) is 5.96 Å². The van der Waals surface area contributed by atoms with Crippen LogP contribution in [0, 0.1) is 0 Å². The minimum absolute atomic E-state index is 0.000296. The Balaban J connectivity index is 2.27. The van der Waals surface area contributed by atoms with Crippen LogP contribution < -0.4 is 15.8 Å². The Morgan fingerprint density at radius 3 is 2.89 bits per heavy atom. The van der Waals surface area contributed by atoms with E-state index in [9.17, 15) is 9.59 Å². The standard InChI is InChI=1S/C12H11N3O3/c1-18-8-4-2-3-7(5-8)10(16)6-9-11(17)15-12(13)14-9/h2-6H,1H3,(H3,13,14,15,17). The second kappa shape index (κ2) is 4.70. The van der Waals surface area contributed by atoms with Crippen LogP contribution in [0.15, 0.2) is 41.0 Å². The van der Waals surface area contributed by atoms with E-state index in [4.69, 9.17) is 10.5 Å². The average molecular weight is 245 g/mol. The summed E-state index contributed by atoms with van der Waals surface area (Å²) in [7, 11) is 1.51. The number of ketones is 1. The number of ether oxygens (including phenoxy) is 1. The molecule has 0 unspecified atom stereocenters. The van der Waals surface area contributed by atoms with Crippen molar-refractivity contribution in [3.63, 3.8) is 0 Å². The number of guanidine groups is 1. The maximum absolute atomic E-state index is 11.9. The molecule has 2 rings (SSSR count). The van der Waals surface area contributed by atoms with Crippen molar-refractivity contribution in [3.8, 4) is 5.75 Å². The van der Waals surface area contributed by atoms with Gasteiger partial charge in [0.25, 0.3) is 5.91 Å². The normalized spacial score (nSPS) is 16.4. The summed E-state index contributed by atoms with van der Waals surface area (Å²) in [4.78, 5) is 26.9. The fourth-order valence-corrected chi connectivity index (χ4v) is 1.47. The minimum Gasteiger partial charge on any atom is -0.497 e. The average Bonchev–Trinajstić information content (AvgIpc) is 2.68. The van der Waals surface area contributed by atoms with Gasteiger partial charge in [0.1, 0.15) is 11.4 Å². The van der Waals surface area contributed by atoms with E-state index in [2.05, 4.69) is 10.3 Å². The Morgan fingerprint density at radius 1 is 1.50 bits per heavy atom. The van der Waals surface area contributed by atoms with Gasteiger partial charge < -0.3 is 10.5 Å². The van der Waals surface area contributed by atoms with Crippen molar-refractivity contribution in [3.05, 3.63) is 41.6 Å². The Labute approximate surface area is 103 Å². The number of carbonyl (C=O) groups is 2. The van der Waals surface area contributed by atoms with E-state index in [1.807, 2.05) is 0 Å². The maximum Gasteiger partial charge on any atom is 0.276 e. The van der Waals surface area contributed by atoms with Crippen LogP contribution in [-0.2, 0) is 4.79 Å². The first-order valence-corrected chi connectivity index (χ1v) is 5.16. The van der Waals surface area contributed by atoms with E-state index in [0.717, 1.165) is 6.08 Å². The number of amides is 1. The van der Waals surface area contributed by atoms with E-state index in [-0.39, 0.29) is 17.4 Å². The summed E-state index contributed by atoms with van der Waals surface area (Å²) in [5, 5.41) is 2.29. The van der Waals surface area contributed by atoms with Gasteiger partial charge in [-0.25, -0.2) is 4.99 Å². The summed E-state index contributed by atoms with van der Waals surface area (Å²) >= 11 is 0. The van der Waals surface area contributed by atoms with Crippen LogP contribution in [-0.4, -0.2) is 24.8 Å². The summed E-state index contributed by atoms with van der Waals surface area (Å²) in [6, 6.07) is 6.63. The van der Waals surface area contributed by atoms with Crippen LogP contribution in [0.4, 0.5) is 0 Å². The van der Waals surface area contributed by atoms with Gasteiger partial charge in [0.15, 0.2) is 5.78 Å². The monoisotopic (exact) mass is 245 g/mol. The Kier molecular flexibility index (Phi) is 3.09. The SMILES string of the molecule is COc1cccc(C(=O)C=C2N=C(N)NC2=O)c1.